The number of hydrogen-bond donors (Lipinski definition) is 1. The van der Waals surface area contributed by atoms with E-state index >= 15 is 0 Å². The first-order chi connectivity index (χ1) is 9.65. The summed E-state index contributed by atoms with van der Waals surface area (Å²) in [4.78, 5) is 0. The van der Waals surface area contributed by atoms with Gasteiger partial charge in [-0.25, -0.2) is 0 Å². The molecule has 0 saturated carbocycles. The Morgan fingerprint density at radius 3 is 2.70 bits per heavy atom. The van der Waals surface area contributed by atoms with Gasteiger partial charge in [0, 0.05) is 0 Å². The van der Waals surface area contributed by atoms with E-state index in [1.165, 1.54) is 19.4 Å². The van der Waals surface area contributed by atoms with Gasteiger partial charge in [0.2, 0.25) is 0 Å². The average Bonchev–Trinajstić information content (AvgIpc) is 2.39. The Morgan fingerprint density at radius 2 is 2.00 bits per heavy atom. The molecule has 0 aromatic heterocycles. The van der Waals surface area contributed by atoms with Crippen LogP contribution in [-0.4, -0.2) is 32.9 Å². The molecule has 0 fully saturated rings. The minimum absolute atomic E-state index is 0.510. The molecule has 0 spiro atoms. The third-order valence-electron chi connectivity index (χ3n) is 2.84. The van der Waals surface area contributed by atoms with E-state index in [1.807, 2.05) is 19.1 Å². The Labute approximate surface area is 135 Å². The molecule has 1 aromatic rings. The lowest BCUT2D eigenvalue weighted by atomic mass is 10.2. The van der Waals surface area contributed by atoms with Gasteiger partial charge < -0.3 is 14.8 Å². The van der Waals surface area contributed by atoms with Gasteiger partial charge in [0.1, 0.15) is 6.61 Å². The normalized spacial score (nSPS) is 10.8. The fourth-order valence-electron chi connectivity index (χ4n) is 1.79. The van der Waals surface area contributed by atoms with E-state index in [9.17, 15) is 0 Å². The molecule has 0 aliphatic carbocycles. The van der Waals surface area contributed by atoms with E-state index in [0.29, 0.717) is 24.0 Å². The van der Waals surface area contributed by atoms with Crippen molar-refractivity contribution in [2.45, 2.75) is 26.7 Å². The van der Waals surface area contributed by atoms with E-state index in [1.54, 1.807) is 0 Å². The predicted octanol–water partition coefficient (Wildman–Crippen LogP) is 3.17. The molecule has 1 aromatic carbocycles. The summed E-state index contributed by atoms with van der Waals surface area (Å²) in [5, 5.41) is 2.92. The van der Waals surface area contributed by atoms with Gasteiger partial charge in [-0.2, -0.15) is 0 Å². The Balaban J connectivity index is 2.13. The second-order valence-electron chi connectivity index (χ2n) is 4.74. The Hall–Kier alpha value is -0.290. The van der Waals surface area contributed by atoms with Crippen molar-refractivity contribution < 1.29 is 14.8 Å². The summed E-state index contributed by atoms with van der Waals surface area (Å²) in [6, 6.07) is 3.88. The monoisotopic (exact) mass is 364 g/mol. The number of halogens is 2. The number of unbranched alkanes of at least 4 members (excludes halogenated alkanes) is 1. The molecular formula is C15H24BrClNO2+. The SMILES string of the molecule is CCCC[NH2+]CCOCCOc1c(Cl)cc(C)cc1Br. The van der Waals surface area contributed by atoms with Crippen molar-refractivity contribution in [1.29, 1.82) is 0 Å². The van der Waals surface area contributed by atoms with Gasteiger partial charge in [-0.15, -0.1) is 0 Å². The number of rotatable bonds is 10. The number of quaternary nitrogens is 1. The first-order valence-electron chi connectivity index (χ1n) is 7.13. The van der Waals surface area contributed by atoms with E-state index in [4.69, 9.17) is 21.1 Å². The standard InChI is InChI=1S/C15H23BrClNO2/c1-3-4-5-18-6-7-19-8-9-20-15-13(16)10-12(2)11-14(15)17/h10-11,18H,3-9H2,1-2H3/p+1. The van der Waals surface area contributed by atoms with Crippen LogP contribution < -0.4 is 10.1 Å². The molecule has 20 heavy (non-hydrogen) atoms. The van der Waals surface area contributed by atoms with Crippen molar-refractivity contribution >= 4 is 27.5 Å². The number of aryl methyl sites for hydroxylation is 1. The van der Waals surface area contributed by atoms with Crippen LogP contribution in [-0.2, 0) is 4.74 Å². The van der Waals surface area contributed by atoms with Crippen molar-refractivity contribution in [3.05, 3.63) is 27.2 Å². The van der Waals surface area contributed by atoms with Crippen LogP contribution in [0.15, 0.2) is 16.6 Å². The molecule has 0 aliphatic heterocycles. The van der Waals surface area contributed by atoms with Crippen molar-refractivity contribution in [2.75, 3.05) is 32.9 Å². The Bertz CT molecular complexity index is 378. The third-order valence-corrected chi connectivity index (χ3v) is 3.71. The molecular weight excluding hydrogens is 342 g/mol. The van der Waals surface area contributed by atoms with E-state index in [-0.39, 0.29) is 0 Å². The van der Waals surface area contributed by atoms with Gasteiger partial charge in [0.05, 0.1) is 35.8 Å². The van der Waals surface area contributed by atoms with Crippen LogP contribution in [0.25, 0.3) is 0 Å². The molecule has 5 heteroatoms. The van der Waals surface area contributed by atoms with Gasteiger partial charge in [-0.05, 0) is 47.0 Å². The number of ether oxygens (including phenoxy) is 2. The molecule has 2 N–H and O–H groups in total. The molecule has 0 bridgehead atoms. The predicted molar refractivity (Wildman–Crippen MR) is 86.8 cm³/mol. The topological polar surface area (TPSA) is 35.1 Å². The second kappa shape index (κ2) is 10.4. The lowest BCUT2D eigenvalue weighted by Crippen LogP contribution is -2.85. The van der Waals surface area contributed by atoms with Crippen LogP contribution in [0.1, 0.15) is 25.3 Å². The van der Waals surface area contributed by atoms with Crippen LogP contribution in [0.5, 0.6) is 5.75 Å². The summed E-state index contributed by atoms with van der Waals surface area (Å²) in [6.45, 7) is 8.25. The van der Waals surface area contributed by atoms with Gasteiger partial charge in [-0.3, -0.25) is 0 Å². The lowest BCUT2D eigenvalue weighted by molar-refractivity contribution is -0.656. The van der Waals surface area contributed by atoms with Crippen LogP contribution in [0, 0.1) is 6.92 Å². The molecule has 0 heterocycles. The molecule has 0 amide bonds. The molecule has 1 rings (SSSR count). The Morgan fingerprint density at radius 1 is 1.20 bits per heavy atom. The molecule has 0 unspecified atom stereocenters. The molecule has 0 atom stereocenters. The first kappa shape index (κ1) is 17.8. The highest BCUT2D eigenvalue weighted by Gasteiger charge is 2.07. The zero-order chi connectivity index (χ0) is 14.8. The van der Waals surface area contributed by atoms with Gasteiger partial charge in [0.25, 0.3) is 0 Å². The molecule has 0 aliphatic rings. The van der Waals surface area contributed by atoms with E-state index in [2.05, 4.69) is 28.2 Å². The van der Waals surface area contributed by atoms with Gasteiger partial charge >= 0.3 is 0 Å². The lowest BCUT2D eigenvalue weighted by Gasteiger charge is -2.11. The van der Waals surface area contributed by atoms with Gasteiger partial charge in [-0.1, -0.05) is 24.9 Å². The molecule has 114 valence electrons. The number of nitrogens with two attached hydrogens (primary N) is 1. The maximum atomic E-state index is 6.15. The van der Waals surface area contributed by atoms with Crippen molar-refractivity contribution in [1.82, 2.24) is 0 Å². The van der Waals surface area contributed by atoms with Crippen LogP contribution >= 0.6 is 27.5 Å². The van der Waals surface area contributed by atoms with Crippen molar-refractivity contribution in [3.63, 3.8) is 0 Å². The third kappa shape index (κ3) is 6.93. The molecule has 0 radical (unpaired) electrons. The second-order valence-corrected chi connectivity index (χ2v) is 6.00. The molecule has 0 saturated heterocycles. The molecule has 3 nitrogen and oxygen atoms in total. The number of benzene rings is 1. The fourth-order valence-corrected chi connectivity index (χ4v) is 2.92. The van der Waals surface area contributed by atoms with Crippen molar-refractivity contribution in [2.24, 2.45) is 0 Å². The highest BCUT2D eigenvalue weighted by atomic mass is 79.9. The maximum Gasteiger partial charge on any atom is 0.152 e. The average molecular weight is 366 g/mol. The van der Waals surface area contributed by atoms with E-state index in [0.717, 1.165) is 23.2 Å². The van der Waals surface area contributed by atoms with Crippen LogP contribution in [0.4, 0.5) is 0 Å². The summed E-state index contributed by atoms with van der Waals surface area (Å²) in [7, 11) is 0. The Kier molecular flexibility index (Phi) is 9.27. The van der Waals surface area contributed by atoms with Gasteiger partial charge in [0.15, 0.2) is 5.75 Å². The maximum absolute atomic E-state index is 6.15. The van der Waals surface area contributed by atoms with Crippen LogP contribution in [0.3, 0.4) is 0 Å². The first-order valence-corrected chi connectivity index (χ1v) is 8.30. The largest absolute Gasteiger partial charge is 0.488 e. The fraction of sp³-hybridized carbons (Fsp3) is 0.600. The minimum atomic E-state index is 0.510. The highest BCUT2D eigenvalue weighted by molar-refractivity contribution is 9.10. The summed E-state index contributed by atoms with van der Waals surface area (Å²) in [6.07, 6.45) is 2.51. The zero-order valence-corrected chi connectivity index (χ0v) is 14.6. The number of hydrogen-bond acceptors (Lipinski definition) is 2. The smallest absolute Gasteiger partial charge is 0.152 e. The summed E-state index contributed by atoms with van der Waals surface area (Å²) >= 11 is 9.61. The van der Waals surface area contributed by atoms with E-state index < -0.39 is 0 Å². The van der Waals surface area contributed by atoms with Crippen LogP contribution in [0.2, 0.25) is 5.02 Å². The van der Waals surface area contributed by atoms with Crippen molar-refractivity contribution in [3.8, 4) is 5.75 Å². The quantitative estimate of drug-likeness (QED) is 0.646. The summed E-state index contributed by atoms with van der Waals surface area (Å²) in [5.74, 6) is 0.690. The summed E-state index contributed by atoms with van der Waals surface area (Å²) in [5.41, 5.74) is 1.10. The minimum Gasteiger partial charge on any atom is -0.488 e. The summed E-state index contributed by atoms with van der Waals surface area (Å²) < 4.78 is 12.1. The zero-order valence-electron chi connectivity index (χ0n) is 12.3. The highest BCUT2D eigenvalue weighted by Crippen LogP contribution is 2.34.